The molecule has 4 aliphatic carbocycles. The molecular formula is C20H28O3. The first kappa shape index (κ1) is 15.6. The quantitative estimate of drug-likeness (QED) is 0.722. The van der Waals surface area contributed by atoms with Gasteiger partial charge in [-0.15, -0.1) is 0 Å². The maximum absolute atomic E-state index is 11.8. The first-order valence-electron chi connectivity index (χ1n) is 9.03. The van der Waals surface area contributed by atoms with E-state index < -0.39 is 11.7 Å². The number of rotatable bonds is 0. The number of carbonyl (C=O) groups excluding carboxylic acids is 1. The Balaban J connectivity index is 1.81. The van der Waals surface area contributed by atoms with Gasteiger partial charge in [0, 0.05) is 17.8 Å². The van der Waals surface area contributed by atoms with Crippen LogP contribution >= 0.6 is 0 Å². The lowest BCUT2D eigenvalue weighted by Crippen LogP contribution is -2.58. The molecule has 4 rings (SSSR count). The standard InChI is InChI=1S/C20H28O3/c1-18-8-6-13(21)10-12(18)4-5-14-15-7-9-20(3,23)19(15,2)11-16(22)17(14)18/h4-5,10,14-17,22-23H,6-9,11H2,1-3H3/t14?,15?,16?,17?,18?,19?,20-/m0/s1. The van der Waals surface area contributed by atoms with Crippen LogP contribution in [-0.4, -0.2) is 27.7 Å². The SMILES string of the molecule is CC12CCC(=O)C=C1C=CC1C2C(O)CC2(C)C1CC[C@]2(C)O. The smallest absolute Gasteiger partial charge is 0.156 e. The van der Waals surface area contributed by atoms with Crippen LogP contribution in [0.2, 0.25) is 0 Å². The molecule has 2 fully saturated rings. The third-order valence-corrected chi connectivity index (χ3v) is 8.02. The van der Waals surface area contributed by atoms with Crippen LogP contribution in [0.15, 0.2) is 23.8 Å². The fourth-order valence-electron chi connectivity index (χ4n) is 6.35. The van der Waals surface area contributed by atoms with Crippen molar-refractivity contribution in [3.63, 3.8) is 0 Å². The van der Waals surface area contributed by atoms with Gasteiger partial charge in [0.1, 0.15) is 0 Å². The molecule has 2 N–H and O–H groups in total. The van der Waals surface area contributed by atoms with E-state index in [1.54, 1.807) is 6.08 Å². The van der Waals surface area contributed by atoms with Crippen molar-refractivity contribution in [1.29, 1.82) is 0 Å². The molecule has 2 saturated carbocycles. The van der Waals surface area contributed by atoms with E-state index in [-0.39, 0.29) is 22.5 Å². The zero-order valence-electron chi connectivity index (χ0n) is 14.4. The van der Waals surface area contributed by atoms with E-state index in [4.69, 9.17) is 0 Å². The lowest BCUT2D eigenvalue weighted by Gasteiger charge is -2.58. The minimum Gasteiger partial charge on any atom is -0.393 e. The minimum atomic E-state index is -0.697. The molecule has 0 aromatic rings. The van der Waals surface area contributed by atoms with Crippen LogP contribution in [-0.2, 0) is 4.79 Å². The maximum atomic E-state index is 11.8. The van der Waals surface area contributed by atoms with Crippen molar-refractivity contribution < 1.29 is 15.0 Å². The molecule has 3 heteroatoms. The highest BCUT2D eigenvalue weighted by Crippen LogP contribution is 2.65. The van der Waals surface area contributed by atoms with E-state index in [0.717, 1.165) is 24.8 Å². The molecule has 7 atom stereocenters. The monoisotopic (exact) mass is 316 g/mol. The number of hydrogen-bond acceptors (Lipinski definition) is 3. The van der Waals surface area contributed by atoms with Gasteiger partial charge in [-0.2, -0.15) is 0 Å². The van der Waals surface area contributed by atoms with Gasteiger partial charge >= 0.3 is 0 Å². The summed E-state index contributed by atoms with van der Waals surface area (Å²) in [6, 6.07) is 0. The molecule has 0 amide bonds. The summed E-state index contributed by atoms with van der Waals surface area (Å²) in [5.41, 5.74) is 0.0712. The van der Waals surface area contributed by atoms with Crippen molar-refractivity contribution in [3.8, 4) is 0 Å². The van der Waals surface area contributed by atoms with E-state index in [1.807, 2.05) is 6.92 Å². The first-order valence-corrected chi connectivity index (χ1v) is 9.03. The number of ketones is 1. The minimum absolute atomic E-state index is 0.109. The summed E-state index contributed by atoms with van der Waals surface area (Å²) in [6.45, 7) is 6.33. The van der Waals surface area contributed by atoms with Crippen LogP contribution in [0.25, 0.3) is 0 Å². The molecule has 0 bridgehead atoms. The zero-order valence-corrected chi connectivity index (χ0v) is 14.4. The molecule has 3 nitrogen and oxygen atoms in total. The predicted molar refractivity (Wildman–Crippen MR) is 88.6 cm³/mol. The van der Waals surface area contributed by atoms with Crippen LogP contribution in [0.1, 0.15) is 52.9 Å². The third-order valence-electron chi connectivity index (χ3n) is 8.02. The lowest BCUT2D eigenvalue weighted by atomic mass is 9.47. The van der Waals surface area contributed by atoms with Gasteiger partial charge in [-0.05, 0) is 61.5 Å². The van der Waals surface area contributed by atoms with E-state index in [0.29, 0.717) is 24.7 Å². The number of carbonyl (C=O) groups is 1. The predicted octanol–water partition coefficient (Wildman–Crippen LogP) is 3.02. The summed E-state index contributed by atoms with van der Waals surface area (Å²) < 4.78 is 0. The topological polar surface area (TPSA) is 57.5 Å². The lowest BCUT2D eigenvalue weighted by molar-refractivity contribution is -0.150. The van der Waals surface area contributed by atoms with Crippen LogP contribution in [0.5, 0.6) is 0 Å². The maximum Gasteiger partial charge on any atom is 0.156 e. The van der Waals surface area contributed by atoms with E-state index in [1.165, 1.54) is 0 Å². The number of allylic oxidation sites excluding steroid dienone is 4. The van der Waals surface area contributed by atoms with Gasteiger partial charge < -0.3 is 10.2 Å². The molecule has 0 saturated heterocycles. The Morgan fingerprint density at radius 2 is 1.96 bits per heavy atom. The summed E-state index contributed by atoms with van der Waals surface area (Å²) in [6.07, 6.45) is 9.65. The number of fused-ring (bicyclic) bond motifs is 5. The van der Waals surface area contributed by atoms with Gasteiger partial charge in [0.25, 0.3) is 0 Å². The Morgan fingerprint density at radius 1 is 1.22 bits per heavy atom. The second-order valence-electron chi connectivity index (χ2n) is 9.05. The fraction of sp³-hybridized carbons (Fsp3) is 0.750. The number of aliphatic hydroxyl groups is 2. The highest BCUT2D eigenvalue weighted by Gasteiger charge is 2.64. The second kappa shape index (κ2) is 4.58. The van der Waals surface area contributed by atoms with Gasteiger partial charge in [-0.25, -0.2) is 0 Å². The van der Waals surface area contributed by atoms with Crippen molar-refractivity contribution >= 4 is 5.78 Å². The highest BCUT2D eigenvalue weighted by atomic mass is 16.3. The molecule has 0 aliphatic heterocycles. The molecule has 126 valence electrons. The van der Waals surface area contributed by atoms with Crippen LogP contribution in [0, 0.1) is 28.6 Å². The van der Waals surface area contributed by atoms with Crippen molar-refractivity contribution in [2.75, 3.05) is 0 Å². The molecule has 4 aliphatic rings. The van der Waals surface area contributed by atoms with Gasteiger partial charge in [0.15, 0.2) is 5.78 Å². The summed E-state index contributed by atoms with van der Waals surface area (Å²) >= 11 is 0. The second-order valence-corrected chi connectivity index (χ2v) is 9.05. The molecule has 23 heavy (non-hydrogen) atoms. The zero-order chi connectivity index (χ0) is 16.6. The average Bonchev–Trinajstić information content (AvgIpc) is 2.69. The van der Waals surface area contributed by atoms with Crippen molar-refractivity contribution in [3.05, 3.63) is 23.8 Å². The van der Waals surface area contributed by atoms with Crippen LogP contribution < -0.4 is 0 Å². The first-order chi connectivity index (χ1) is 10.7. The van der Waals surface area contributed by atoms with E-state index >= 15 is 0 Å². The van der Waals surface area contributed by atoms with E-state index in [2.05, 4.69) is 26.0 Å². The van der Waals surface area contributed by atoms with Gasteiger partial charge in [-0.3, -0.25) is 4.79 Å². The Kier molecular flexibility index (Phi) is 3.10. The molecule has 0 aromatic carbocycles. The Bertz CT molecular complexity index is 616. The molecular weight excluding hydrogens is 288 g/mol. The number of aliphatic hydroxyl groups excluding tert-OH is 1. The Labute approximate surface area is 138 Å². The van der Waals surface area contributed by atoms with Crippen molar-refractivity contribution in [1.82, 2.24) is 0 Å². The Hall–Kier alpha value is -0.930. The largest absolute Gasteiger partial charge is 0.393 e. The number of hydrogen-bond donors (Lipinski definition) is 2. The Morgan fingerprint density at radius 3 is 2.70 bits per heavy atom. The molecule has 0 spiro atoms. The van der Waals surface area contributed by atoms with Gasteiger partial charge in [0.2, 0.25) is 0 Å². The van der Waals surface area contributed by atoms with Crippen molar-refractivity contribution in [2.24, 2.45) is 28.6 Å². The summed E-state index contributed by atoms with van der Waals surface area (Å²) in [4.78, 5) is 11.8. The summed E-state index contributed by atoms with van der Waals surface area (Å²) in [5.74, 6) is 1.09. The van der Waals surface area contributed by atoms with E-state index in [9.17, 15) is 15.0 Å². The molecule has 0 aromatic heterocycles. The van der Waals surface area contributed by atoms with Crippen LogP contribution in [0.4, 0.5) is 0 Å². The summed E-state index contributed by atoms with van der Waals surface area (Å²) in [7, 11) is 0. The van der Waals surface area contributed by atoms with Gasteiger partial charge in [0.05, 0.1) is 11.7 Å². The molecule has 6 unspecified atom stereocenters. The third kappa shape index (κ3) is 1.87. The molecule has 0 heterocycles. The molecule has 0 radical (unpaired) electrons. The normalized spacial score (nSPS) is 55.0. The fourth-order valence-corrected chi connectivity index (χ4v) is 6.35. The highest BCUT2D eigenvalue weighted by molar-refractivity contribution is 5.92. The van der Waals surface area contributed by atoms with Crippen molar-refractivity contribution in [2.45, 2.75) is 64.6 Å². The van der Waals surface area contributed by atoms with Crippen LogP contribution in [0.3, 0.4) is 0 Å². The van der Waals surface area contributed by atoms with Gasteiger partial charge in [-0.1, -0.05) is 26.0 Å². The average molecular weight is 316 g/mol. The summed E-state index contributed by atoms with van der Waals surface area (Å²) in [5, 5.41) is 22.0.